The number of thioether (sulfide) groups is 1. The van der Waals surface area contributed by atoms with Crippen LogP contribution in [-0.4, -0.2) is 22.6 Å². The van der Waals surface area contributed by atoms with Gasteiger partial charge in [0.25, 0.3) is 5.91 Å². The molecule has 4 aromatic rings. The normalized spacial score (nSPS) is 15.4. The van der Waals surface area contributed by atoms with Crippen molar-refractivity contribution in [3.05, 3.63) is 116 Å². The first-order chi connectivity index (χ1) is 19.0. The molecule has 0 atom stereocenters. The van der Waals surface area contributed by atoms with Gasteiger partial charge in [0, 0.05) is 5.02 Å². The molecule has 39 heavy (non-hydrogen) atoms. The minimum absolute atomic E-state index is 0.137. The third-order valence-electron chi connectivity index (χ3n) is 5.69. The van der Waals surface area contributed by atoms with Crippen LogP contribution in [0.4, 0.5) is 5.69 Å². The molecule has 9 heteroatoms. The Hall–Kier alpha value is -3.21. The van der Waals surface area contributed by atoms with Crippen molar-refractivity contribution in [2.45, 2.75) is 20.1 Å². The van der Waals surface area contributed by atoms with E-state index in [1.807, 2.05) is 91.9 Å². The van der Waals surface area contributed by atoms with Gasteiger partial charge in [-0.3, -0.25) is 9.69 Å². The average Bonchev–Trinajstić information content (AvgIpc) is 3.54. The first-order valence-electron chi connectivity index (χ1n) is 12.2. The van der Waals surface area contributed by atoms with Crippen LogP contribution in [0.2, 0.25) is 5.02 Å². The quantitative estimate of drug-likeness (QED) is 0.132. The molecule has 0 bridgehead atoms. The van der Waals surface area contributed by atoms with E-state index in [0.29, 0.717) is 52.1 Å². The minimum Gasteiger partial charge on any atom is -0.490 e. The smallest absolute Gasteiger partial charge is 0.267 e. The molecule has 2 heterocycles. The predicted octanol–water partition coefficient (Wildman–Crippen LogP) is 8.32. The molecule has 0 saturated carbocycles. The molecule has 1 aromatic heterocycles. The topological polar surface area (TPSA) is 64.3 Å². The lowest BCUT2D eigenvalue weighted by molar-refractivity contribution is -0.122. The highest BCUT2D eigenvalue weighted by molar-refractivity contribution is 14.1. The highest BCUT2D eigenvalue weighted by Gasteiger charge is 2.34. The summed E-state index contributed by atoms with van der Waals surface area (Å²) in [6.45, 7) is 3.08. The van der Waals surface area contributed by atoms with Crippen molar-refractivity contribution < 1.29 is 18.7 Å². The molecule has 6 nitrogen and oxygen atoms in total. The number of carbonyl (C=O) groups is 1. The van der Waals surface area contributed by atoms with Crippen molar-refractivity contribution in [1.82, 2.24) is 4.90 Å². The van der Waals surface area contributed by atoms with E-state index in [1.165, 1.54) is 11.8 Å². The number of furan rings is 1. The van der Waals surface area contributed by atoms with Crippen LogP contribution in [-0.2, 0) is 17.9 Å². The summed E-state index contributed by atoms with van der Waals surface area (Å²) in [5.41, 5.74) is 2.60. The van der Waals surface area contributed by atoms with Gasteiger partial charge in [0.15, 0.2) is 16.7 Å². The maximum atomic E-state index is 13.5. The highest BCUT2D eigenvalue weighted by Crippen LogP contribution is 2.39. The van der Waals surface area contributed by atoms with Crippen LogP contribution >= 0.6 is 46.0 Å². The van der Waals surface area contributed by atoms with Crippen LogP contribution in [0.25, 0.3) is 6.08 Å². The molecule has 5 rings (SSSR count). The minimum atomic E-state index is -0.137. The first kappa shape index (κ1) is 27.4. The summed E-state index contributed by atoms with van der Waals surface area (Å²) < 4.78 is 18.5. The second-order valence-electron chi connectivity index (χ2n) is 8.49. The molecular weight excluding hydrogens is 647 g/mol. The molecule has 1 fully saturated rings. The first-order valence-corrected chi connectivity index (χ1v) is 14.5. The van der Waals surface area contributed by atoms with Crippen molar-refractivity contribution >= 4 is 68.8 Å². The Labute approximate surface area is 249 Å². The summed E-state index contributed by atoms with van der Waals surface area (Å²) in [7, 11) is 0. The molecule has 0 aliphatic carbocycles. The Balaban J connectivity index is 1.44. The van der Waals surface area contributed by atoms with E-state index in [4.69, 9.17) is 30.5 Å². The number of carbonyl (C=O) groups excluding carboxylic acids is 1. The predicted molar refractivity (Wildman–Crippen MR) is 164 cm³/mol. The van der Waals surface area contributed by atoms with E-state index in [9.17, 15) is 4.79 Å². The number of rotatable bonds is 9. The zero-order chi connectivity index (χ0) is 27.2. The fraction of sp³-hybridized carbons (Fsp3) is 0.133. The molecule has 1 amide bonds. The average molecular weight is 671 g/mol. The summed E-state index contributed by atoms with van der Waals surface area (Å²) in [6.07, 6.45) is 3.46. The van der Waals surface area contributed by atoms with Crippen LogP contribution in [0.5, 0.6) is 11.5 Å². The zero-order valence-corrected chi connectivity index (χ0v) is 24.7. The third kappa shape index (κ3) is 6.87. The van der Waals surface area contributed by atoms with Gasteiger partial charge in [-0.25, -0.2) is 4.99 Å². The number of amidine groups is 1. The number of ether oxygens (including phenoxy) is 2. The van der Waals surface area contributed by atoms with Gasteiger partial charge < -0.3 is 13.9 Å². The van der Waals surface area contributed by atoms with Gasteiger partial charge in [-0.2, -0.15) is 0 Å². The molecule has 198 valence electrons. The van der Waals surface area contributed by atoms with Crippen LogP contribution in [0.3, 0.4) is 0 Å². The lowest BCUT2D eigenvalue weighted by Gasteiger charge is -2.15. The Bertz CT molecular complexity index is 1510. The van der Waals surface area contributed by atoms with E-state index >= 15 is 0 Å². The van der Waals surface area contributed by atoms with Crippen LogP contribution in [0.15, 0.2) is 99.4 Å². The molecule has 0 N–H and O–H groups in total. The Morgan fingerprint density at radius 2 is 1.85 bits per heavy atom. The van der Waals surface area contributed by atoms with Crippen LogP contribution in [0.1, 0.15) is 23.8 Å². The van der Waals surface area contributed by atoms with Crippen molar-refractivity contribution in [3.63, 3.8) is 0 Å². The van der Waals surface area contributed by atoms with Gasteiger partial charge in [-0.1, -0.05) is 41.9 Å². The zero-order valence-electron chi connectivity index (χ0n) is 21.0. The number of nitrogens with zero attached hydrogens (tertiary/aromatic N) is 2. The van der Waals surface area contributed by atoms with Crippen molar-refractivity contribution in [2.75, 3.05) is 6.61 Å². The fourth-order valence-corrected chi connectivity index (χ4v) is 5.77. The monoisotopic (exact) mass is 670 g/mol. The van der Waals surface area contributed by atoms with Gasteiger partial charge >= 0.3 is 0 Å². The summed E-state index contributed by atoms with van der Waals surface area (Å²) in [5.74, 6) is 1.82. The van der Waals surface area contributed by atoms with E-state index in [2.05, 4.69) is 22.6 Å². The molecular formula is C30H24ClIN2O4S. The standard InChI is InChI=1S/C30H24ClIN2O4S/c1-2-36-26-16-21(15-25(32)28(26)38-19-20-10-12-22(31)13-11-20)17-27-29(35)34(18-24-9-6-14-37-24)30(39-27)33-23-7-4-3-5-8-23/h3-17H,2,18-19H2,1H3/b27-17-,33-30?. The van der Waals surface area contributed by atoms with E-state index in [1.54, 1.807) is 11.2 Å². The summed E-state index contributed by atoms with van der Waals surface area (Å²) >= 11 is 9.58. The van der Waals surface area contributed by atoms with Crippen molar-refractivity contribution in [1.29, 1.82) is 0 Å². The van der Waals surface area contributed by atoms with Gasteiger partial charge in [-0.15, -0.1) is 0 Å². The Morgan fingerprint density at radius 3 is 2.56 bits per heavy atom. The van der Waals surface area contributed by atoms with Gasteiger partial charge in [-0.05, 0) is 107 Å². The molecule has 1 aliphatic heterocycles. The van der Waals surface area contributed by atoms with E-state index in [0.717, 1.165) is 20.4 Å². The number of aliphatic imine (C=N–C) groups is 1. The Morgan fingerprint density at radius 1 is 1.05 bits per heavy atom. The maximum Gasteiger partial charge on any atom is 0.267 e. The second-order valence-corrected chi connectivity index (χ2v) is 11.1. The summed E-state index contributed by atoms with van der Waals surface area (Å²) in [5, 5.41) is 1.27. The number of halogens is 2. The SMILES string of the molecule is CCOc1cc(/C=C2\SC(=Nc3ccccc3)N(Cc3ccco3)C2=O)cc(I)c1OCc1ccc(Cl)cc1. The highest BCUT2D eigenvalue weighted by atomic mass is 127. The Kier molecular flexibility index (Phi) is 8.95. The van der Waals surface area contributed by atoms with Crippen LogP contribution in [0, 0.1) is 3.57 Å². The second kappa shape index (κ2) is 12.8. The van der Waals surface area contributed by atoms with E-state index in [-0.39, 0.29) is 5.91 Å². The van der Waals surface area contributed by atoms with Gasteiger partial charge in [0.2, 0.25) is 0 Å². The maximum absolute atomic E-state index is 13.5. The molecule has 0 spiro atoms. The molecule has 0 radical (unpaired) electrons. The molecule has 3 aromatic carbocycles. The largest absolute Gasteiger partial charge is 0.490 e. The molecule has 0 unspecified atom stereocenters. The molecule has 1 saturated heterocycles. The number of benzene rings is 3. The van der Waals surface area contributed by atoms with Crippen LogP contribution < -0.4 is 9.47 Å². The van der Waals surface area contributed by atoms with E-state index < -0.39 is 0 Å². The third-order valence-corrected chi connectivity index (χ3v) is 7.75. The fourth-order valence-electron chi connectivity index (χ4n) is 3.86. The number of hydrogen-bond donors (Lipinski definition) is 0. The lowest BCUT2D eigenvalue weighted by Crippen LogP contribution is -2.28. The molecule has 1 aliphatic rings. The number of para-hydroxylation sites is 1. The summed E-state index contributed by atoms with van der Waals surface area (Å²) in [4.78, 5) is 20.5. The van der Waals surface area contributed by atoms with Gasteiger partial charge in [0.1, 0.15) is 12.4 Å². The van der Waals surface area contributed by atoms with Crippen molar-refractivity contribution in [3.8, 4) is 11.5 Å². The number of hydrogen-bond acceptors (Lipinski definition) is 6. The summed E-state index contributed by atoms with van der Waals surface area (Å²) in [6, 6.07) is 24.6. The number of amides is 1. The van der Waals surface area contributed by atoms with Gasteiger partial charge in [0.05, 0.1) is 33.6 Å². The lowest BCUT2D eigenvalue weighted by atomic mass is 10.1. The van der Waals surface area contributed by atoms with Crippen molar-refractivity contribution in [2.24, 2.45) is 4.99 Å².